The highest BCUT2D eigenvalue weighted by Crippen LogP contribution is 2.39. The summed E-state index contributed by atoms with van der Waals surface area (Å²) in [6, 6.07) is 5.60. The topological polar surface area (TPSA) is 26.3 Å². The van der Waals surface area contributed by atoms with Crippen LogP contribution in [0.4, 0.5) is 13.2 Å². The molecule has 1 atom stereocenters. The molecule has 0 radical (unpaired) electrons. The van der Waals surface area contributed by atoms with E-state index < -0.39 is 17.0 Å². The lowest BCUT2D eigenvalue weighted by Gasteiger charge is -2.26. The van der Waals surface area contributed by atoms with Crippen molar-refractivity contribution >= 4 is 17.4 Å². The lowest BCUT2D eigenvalue weighted by atomic mass is 10.0. The molecular formula is C11H10ClF3O2. The van der Waals surface area contributed by atoms with Crippen molar-refractivity contribution in [2.24, 2.45) is 0 Å². The van der Waals surface area contributed by atoms with Crippen molar-refractivity contribution in [3.8, 4) is 0 Å². The van der Waals surface area contributed by atoms with Crippen molar-refractivity contribution in [2.75, 3.05) is 7.11 Å². The lowest BCUT2D eigenvalue weighted by Crippen LogP contribution is -2.48. The van der Waals surface area contributed by atoms with Crippen LogP contribution >= 0.6 is 11.6 Å². The van der Waals surface area contributed by atoms with Gasteiger partial charge in [-0.05, 0) is 6.92 Å². The Hall–Kier alpha value is -1.07. The molecule has 0 bridgehead atoms. The minimum absolute atomic E-state index is 0.148. The summed E-state index contributed by atoms with van der Waals surface area (Å²) in [7, 11) is 0.743. The highest BCUT2D eigenvalue weighted by Gasteiger charge is 2.60. The van der Waals surface area contributed by atoms with E-state index >= 15 is 0 Å². The number of alkyl halides is 4. The van der Waals surface area contributed by atoms with Crippen LogP contribution in [0.25, 0.3) is 0 Å². The third kappa shape index (κ3) is 2.61. The maximum atomic E-state index is 12.6. The van der Waals surface area contributed by atoms with Gasteiger partial charge in [0.1, 0.15) is 0 Å². The average molecular weight is 267 g/mol. The molecule has 1 aromatic carbocycles. The van der Waals surface area contributed by atoms with Gasteiger partial charge in [0.15, 0.2) is 0 Å². The number of ketones is 1. The fourth-order valence-electron chi connectivity index (χ4n) is 1.23. The molecule has 2 nitrogen and oxygen atoms in total. The zero-order valence-corrected chi connectivity index (χ0v) is 9.89. The maximum Gasteiger partial charge on any atom is 0.439 e. The van der Waals surface area contributed by atoms with E-state index in [9.17, 15) is 18.0 Å². The van der Waals surface area contributed by atoms with Gasteiger partial charge in [0, 0.05) is 12.7 Å². The minimum atomic E-state index is -4.98. The third-order valence-corrected chi connectivity index (χ3v) is 2.79. The first-order chi connectivity index (χ1) is 7.72. The molecule has 0 spiro atoms. The molecule has 0 aromatic heterocycles. The van der Waals surface area contributed by atoms with Crippen LogP contribution in [0, 0.1) is 6.92 Å². The molecule has 6 heteroatoms. The number of methoxy groups -OCH3 is 1. The largest absolute Gasteiger partial charge is 0.439 e. The van der Waals surface area contributed by atoms with Gasteiger partial charge in [-0.1, -0.05) is 41.4 Å². The summed E-state index contributed by atoms with van der Waals surface area (Å²) in [5.74, 6) is -1.32. The molecule has 0 aliphatic rings. The van der Waals surface area contributed by atoms with Crippen molar-refractivity contribution in [3.05, 3.63) is 35.4 Å². The Morgan fingerprint density at radius 1 is 1.24 bits per heavy atom. The highest BCUT2D eigenvalue weighted by molar-refractivity contribution is 6.37. The van der Waals surface area contributed by atoms with Gasteiger partial charge in [-0.25, -0.2) is 0 Å². The van der Waals surface area contributed by atoms with Crippen LogP contribution < -0.4 is 0 Å². The normalized spacial score (nSPS) is 15.4. The quantitative estimate of drug-likeness (QED) is 0.620. The molecular weight excluding hydrogens is 257 g/mol. The Balaban J connectivity index is 3.15. The molecule has 17 heavy (non-hydrogen) atoms. The predicted octanol–water partition coefficient (Wildman–Crippen LogP) is 3.32. The van der Waals surface area contributed by atoms with Crippen molar-refractivity contribution in [2.45, 2.75) is 18.2 Å². The molecule has 1 aromatic rings. The number of benzene rings is 1. The standard InChI is InChI=1S/C11H10ClF3O2/c1-7-3-5-8(6-4-7)9(16)10(12,17-2)11(13,14)15/h3-6H,1-2H3. The van der Waals surface area contributed by atoms with Crippen LogP contribution in [0.1, 0.15) is 15.9 Å². The minimum Gasteiger partial charge on any atom is -0.349 e. The number of carbonyl (C=O) groups excluding carboxylic acids is 1. The summed E-state index contributed by atoms with van der Waals surface area (Å²) < 4.78 is 42.1. The highest BCUT2D eigenvalue weighted by atomic mass is 35.5. The van der Waals surface area contributed by atoms with Gasteiger partial charge in [-0.2, -0.15) is 13.2 Å². The van der Waals surface area contributed by atoms with Gasteiger partial charge in [0.25, 0.3) is 0 Å². The summed E-state index contributed by atoms with van der Waals surface area (Å²) in [6.45, 7) is 1.75. The molecule has 0 amide bonds. The van der Waals surface area contributed by atoms with E-state index in [0.717, 1.165) is 12.7 Å². The number of ether oxygens (including phenoxy) is 1. The number of hydrogen-bond acceptors (Lipinski definition) is 2. The lowest BCUT2D eigenvalue weighted by molar-refractivity contribution is -0.213. The van der Waals surface area contributed by atoms with Crippen molar-refractivity contribution in [3.63, 3.8) is 0 Å². The molecule has 1 rings (SSSR count). The Morgan fingerprint density at radius 2 is 1.71 bits per heavy atom. The number of aryl methyl sites for hydroxylation is 1. The molecule has 0 aliphatic heterocycles. The second kappa shape index (κ2) is 4.66. The van der Waals surface area contributed by atoms with Gasteiger partial charge in [-0.15, -0.1) is 0 Å². The zero-order valence-electron chi connectivity index (χ0n) is 9.14. The van der Waals surface area contributed by atoms with E-state index in [2.05, 4.69) is 4.74 Å². The van der Waals surface area contributed by atoms with Gasteiger partial charge in [-0.3, -0.25) is 4.79 Å². The summed E-state index contributed by atoms with van der Waals surface area (Å²) in [5.41, 5.74) is 0.677. The van der Waals surface area contributed by atoms with Gasteiger partial charge in [0.05, 0.1) is 0 Å². The third-order valence-electron chi connectivity index (χ3n) is 2.25. The van der Waals surface area contributed by atoms with Crippen LogP contribution in [-0.2, 0) is 4.74 Å². The van der Waals surface area contributed by atoms with Crippen LogP contribution in [0.5, 0.6) is 0 Å². The maximum absolute atomic E-state index is 12.6. The van der Waals surface area contributed by atoms with Gasteiger partial charge < -0.3 is 4.74 Å². The Kier molecular flexibility index (Phi) is 3.84. The first-order valence-electron chi connectivity index (χ1n) is 4.64. The van der Waals surface area contributed by atoms with Crippen molar-refractivity contribution in [1.29, 1.82) is 0 Å². The SMILES string of the molecule is COC(Cl)(C(=O)c1ccc(C)cc1)C(F)(F)F. The van der Waals surface area contributed by atoms with E-state index in [1.54, 1.807) is 6.92 Å². The Bertz CT molecular complexity index is 414. The second-order valence-electron chi connectivity index (χ2n) is 3.49. The van der Waals surface area contributed by atoms with E-state index in [0.29, 0.717) is 0 Å². The zero-order chi connectivity index (χ0) is 13.3. The summed E-state index contributed by atoms with van der Waals surface area (Å²) in [5, 5.41) is -3.33. The molecule has 0 heterocycles. The smallest absolute Gasteiger partial charge is 0.349 e. The first-order valence-corrected chi connectivity index (χ1v) is 5.02. The number of hydrogen-bond donors (Lipinski definition) is 0. The fourth-order valence-corrected chi connectivity index (χ4v) is 1.34. The molecule has 0 saturated carbocycles. The van der Waals surface area contributed by atoms with E-state index in [1.807, 2.05) is 0 Å². The van der Waals surface area contributed by atoms with Crippen LogP contribution in [0.3, 0.4) is 0 Å². The molecule has 0 saturated heterocycles. The second-order valence-corrected chi connectivity index (χ2v) is 4.02. The van der Waals surface area contributed by atoms with Crippen molar-refractivity contribution in [1.82, 2.24) is 0 Å². The van der Waals surface area contributed by atoms with E-state index in [4.69, 9.17) is 11.6 Å². The number of rotatable bonds is 3. The number of Topliss-reactive ketones (excluding diaryl/α,β-unsaturated/α-hetero) is 1. The molecule has 0 fully saturated rings. The van der Waals surface area contributed by atoms with Crippen LogP contribution in [0.2, 0.25) is 0 Å². The van der Waals surface area contributed by atoms with Crippen LogP contribution in [0.15, 0.2) is 24.3 Å². The number of halogens is 4. The average Bonchev–Trinajstić information content (AvgIpc) is 2.26. The molecule has 1 unspecified atom stereocenters. The summed E-state index contributed by atoms with van der Waals surface area (Å²) in [4.78, 5) is 11.7. The molecule has 94 valence electrons. The van der Waals surface area contributed by atoms with E-state index in [1.165, 1.54) is 24.3 Å². The molecule has 0 N–H and O–H groups in total. The van der Waals surface area contributed by atoms with Crippen molar-refractivity contribution < 1.29 is 22.7 Å². The Morgan fingerprint density at radius 3 is 2.06 bits per heavy atom. The fraction of sp³-hybridized carbons (Fsp3) is 0.364. The summed E-state index contributed by atoms with van der Waals surface area (Å²) in [6.07, 6.45) is -4.98. The first kappa shape index (κ1) is 14.0. The summed E-state index contributed by atoms with van der Waals surface area (Å²) >= 11 is 5.23. The van der Waals surface area contributed by atoms with Crippen LogP contribution in [-0.4, -0.2) is 24.1 Å². The van der Waals surface area contributed by atoms with E-state index in [-0.39, 0.29) is 5.56 Å². The van der Waals surface area contributed by atoms with Gasteiger partial charge in [0.2, 0.25) is 5.78 Å². The van der Waals surface area contributed by atoms with Gasteiger partial charge >= 0.3 is 11.2 Å². The molecule has 0 aliphatic carbocycles. The Labute approximate surface area is 101 Å². The number of carbonyl (C=O) groups is 1. The monoisotopic (exact) mass is 266 g/mol. The predicted molar refractivity (Wildman–Crippen MR) is 57.2 cm³/mol.